The number of nitrogens with two attached hydrogens (primary N) is 1. The molecule has 1 aliphatic heterocycles. The van der Waals surface area contributed by atoms with Crippen LogP contribution in [0.3, 0.4) is 0 Å². The molecule has 16 nitrogen and oxygen atoms in total. The summed E-state index contributed by atoms with van der Waals surface area (Å²) in [4.78, 5) is 51.8. The van der Waals surface area contributed by atoms with Crippen molar-refractivity contribution in [2.75, 3.05) is 118 Å². The maximum absolute atomic E-state index is 12.3. The molecule has 0 bridgehead atoms. The lowest BCUT2D eigenvalue weighted by Crippen LogP contribution is -2.47. The quantitative estimate of drug-likeness (QED) is 0.0771. The third-order valence-corrected chi connectivity index (χ3v) is 6.17. The van der Waals surface area contributed by atoms with Gasteiger partial charge in [-0.05, 0) is 6.42 Å². The first-order valence-electron chi connectivity index (χ1n) is 13.9. The number of rotatable bonds is 23. The number of nitrogens with one attached hydrogen (secondary N) is 1. The van der Waals surface area contributed by atoms with E-state index in [-0.39, 0.29) is 58.1 Å². The Morgan fingerprint density at radius 1 is 0.683 bits per heavy atom. The minimum Gasteiger partial charge on any atom is -0.480 e. The van der Waals surface area contributed by atoms with E-state index in [9.17, 15) is 34.5 Å². The molecule has 1 atom stereocenters. The van der Waals surface area contributed by atoms with Gasteiger partial charge in [0, 0.05) is 58.8 Å². The van der Waals surface area contributed by atoms with E-state index < -0.39 is 23.9 Å². The van der Waals surface area contributed by atoms with Crippen LogP contribution in [0.2, 0.25) is 0 Å². The molecule has 1 heterocycles. The standard InChI is InChI=1S/C25H47N5O11/c26-3-11-38-13-15-40-17-18-41-16-14-39-12-4-27-22(31)2-1-21(25(36)37)30-9-7-28(19-23(32)33)5-6-29(8-10-30)20-24(34)35/h21H,1-20,26H2,(H,27,31)(H,32,33)(H,34,35)(H,36,37). The minimum atomic E-state index is -1.10. The van der Waals surface area contributed by atoms with Crippen molar-refractivity contribution in [3.63, 3.8) is 0 Å². The Kier molecular flexibility index (Phi) is 20.7. The first-order valence-corrected chi connectivity index (χ1v) is 13.9. The summed E-state index contributed by atoms with van der Waals surface area (Å²) in [6.07, 6.45) is 0.0282. The number of carboxylic acid groups (broad SMARTS) is 3. The molecule has 1 amide bonds. The van der Waals surface area contributed by atoms with Gasteiger partial charge < -0.3 is 45.3 Å². The topological polar surface area (TPSA) is 214 Å². The highest BCUT2D eigenvalue weighted by molar-refractivity contribution is 5.78. The van der Waals surface area contributed by atoms with Gasteiger partial charge in [-0.1, -0.05) is 0 Å². The van der Waals surface area contributed by atoms with Crippen molar-refractivity contribution in [1.29, 1.82) is 0 Å². The summed E-state index contributed by atoms with van der Waals surface area (Å²) in [6, 6.07) is -0.979. The first kappa shape index (κ1) is 36.6. The highest BCUT2D eigenvalue weighted by Gasteiger charge is 2.28. The molecule has 1 saturated heterocycles. The van der Waals surface area contributed by atoms with Crippen molar-refractivity contribution in [2.45, 2.75) is 18.9 Å². The SMILES string of the molecule is NCCOCCOCCOCCOCCNC(=O)CCC(C(=O)O)N1CCN(CC(=O)O)CCN(CC(=O)O)CC1. The van der Waals surface area contributed by atoms with Crippen LogP contribution in [0.25, 0.3) is 0 Å². The lowest BCUT2D eigenvalue weighted by Gasteiger charge is -2.30. The van der Waals surface area contributed by atoms with Crippen LogP contribution in [-0.4, -0.2) is 178 Å². The zero-order chi connectivity index (χ0) is 30.3. The third kappa shape index (κ3) is 19.3. The molecule has 16 heteroatoms. The number of amides is 1. The fourth-order valence-electron chi connectivity index (χ4n) is 4.09. The molecule has 0 spiro atoms. The predicted molar refractivity (Wildman–Crippen MR) is 146 cm³/mol. The highest BCUT2D eigenvalue weighted by atomic mass is 16.6. The number of nitrogens with zero attached hydrogens (tertiary/aromatic N) is 3. The molecule has 1 aliphatic rings. The predicted octanol–water partition coefficient (Wildman–Crippen LogP) is -2.55. The second-order valence-corrected chi connectivity index (χ2v) is 9.36. The number of carbonyl (C=O) groups is 4. The lowest BCUT2D eigenvalue weighted by molar-refractivity contribution is -0.144. The second-order valence-electron chi connectivity index (χ2n) is 9.36. The van der Waals surface area contributed by atoms with E-state index in [0.717, 1.165) is 0 Å². The average Bonchev–Trinajstić information content (AvgIpc) is 3.00. The van der Waals surface area contributed by atoms with Crippen LogP contribution in [0.5, 0.6) is 0 Å². The number of carbonyl (C=O) groups excluding carboxylic acids is 1. The van der Waals surface area contributed by atoms with Gasteiger partial charge >= 0.3 is 17.9 Å². The Balaban J connectivity index is 2.34. The van der Waals surface area contributed by atoms with E-state index in [1.165, 1.54) is 0 Å². The van der Waals surface area contributed by atoms with Gasteiger partial charge in [-0.15, -0.1) is 0 Å². The summed E-state index contributed by atoms with van der Waals surface area (Å²) in [6.45, 7) is 5.48. The Morgan fingerprint density at radius 2 is 1.12 bits per heavy atom. The Labute approximate surface area is 240 Å². The molecule has 1 fully saturated rings. The van der Waals surface area contributed by atoms with Gasteiger partial charge in [-0.3, -0.25) is 33.9 Å². The zero-order valence-electron chi connectivity index (χ0n) is 23.7. The van der Waals surface area contributed by atoms with Gasteiger partial charge in [0.2, 0.25) is 5.91 Å². The number of ether oxygens (including phenoxy) is 4. The fourth-order valence-corrected chi connectivity index (χ4v) is 4.09. The van der Waals surface area contributed by atoms with E-state index >= 15 is 0 Å². The van der Waals surface area contributed by atoms with Crippen LogP contribution in [0.15, 0.2) is 0 Å². The smallest absolute Gasteiger partial charge is 0.320 e. The second kappa shape index (κ2) is 23.2. The van der Waals surface area contributed by atoms with E-state index in [0.29, 0.717) is 79.0 Å². The number of aliphatic carboxylic acids is 3. The molecule has 238 valence electrons. The molecule has 0 aromatic rings. The Hall–Kier alpha value is -2.44. The van der Waals surface area contributed by atoms with Gasteiger partial charge in [0.1, 0.15) is 6.04 Å². The number of hydrogen-bond donors (Lipinski definition) is 5. The normalized spacial score (nSPS) is 16.4. The zero-order valence-corrected chi connectivity index (χ0v) is 23.7. The van der Waals surface area contributed by atoms with Crippen molar-refractivity contribution in [2.24, 2.45) is 5.73 Å². The molecule has 0 saturated carbocycles. The molecule has 1 rings (SSSR count). The van der Waals surface area contributed by atoms with Gasteiger partial charge in [0.15, 0.2) is 0 Å². The first-order chi connectivity index (χ1) is 19.7. The number of hydrogen-bond acceptors (Lipinski definition) is 12. The number of carboxylic acids is 3. The summed E-state index contributed by atoms with van der Waals surface area (Å²) in [5, 5.41) is 30.9. The average molecular weight is 594 g/mol. The monoisotopic (exact) mass is 593 g/mol. The Bertz CT molecular complexity index is 733. The molecule has 0 aliphatic carbocycles. The van der Waals surface area contributed by atoms with Crippen molar-refractivity contribution in [3.05, 3.63) is 0 Å². The summed E-state index contributed by atoms with van der Waals surface area (Å²) in [5.41, 5.74) is 5.31. The third-order valence-electron chi connectivity index (χ3n) is 6.17. The maximum Gasteiger partial charge on any atom is 0.320 e. The van der Waals surface area contributed by atoms with Gasteiger partial charge in [0.25, 0.3) is 0 Å². The Morgan fingerprint density at radius 3 is 1.56 bits per heavy atom. The van der Waals surface area contributed by atoms with Gasteiger partial charge in [-0.2, -0.15) is 0 Å². The molecule has 0 aromatic carbocycles. The van der Waals surface area contributed by atoms with Crippen LogP contribution < -0.4 is 11.1 Å². The van der Waals surface area contributed by atoms with Crippen molar-refractivity contribution in [3.8, 4) is 0 Å². The summed E-state index contributed by atoms with van der Waals surface area (Å²) < 4.78 is 21.3. The largest absolute Gasteiger partial charge is 0.480 e. The minimum absolute atomic E-state index is 0.0223. The van der Waals surface area contributed by atoms with E-state index in [1.807, 2.05) is 0 Å². The van der Waals surface area contributed by atoms with Crippen LogP contribution in [0.4, 0.5) is 0 Å². The van der Waals surface area contributed by atoms with Crippen LogP contribution in [0, 0.1) is 0 Å². The summed E-state index contributed by atoms with van der Waals surface area (Å²) >= 11 is 0. The fraction of sp³-hybridized carbons (Fsp3) is 0.840. The highest BCUT2D eigenvalue weighted by Crippen LogP contribution is 2.11. The maximum atomic E-state index is 12.3. The van der Waals surface area contributed by atoms with E-state index in [4.69, 9.17) is 24.7 Å². The van der Waals surface area contributed by atoms with E-state index in [1.54, 1.807) is 14.7 Å². The van der Waals surface area contributed by atoms with Crippen LogP contribution in [-0.2, 0) is 38.1 Å². The van der Waals surface area contributed by atoms with Crippen molar-refractivity contribution in [1.82, 2.24) is 20.0 Å². The van der Waals surface area contributed by atoms with Gasteiger partial charge in [-0.25, -0.2) is 0 Å². The summed E-state index contributed by atoms with van der Waals surface area (Å²) in [5.74, 6) is -3.45. The lowest BCUT2D eigenvalue weighted by atomic mass is 10.1. The molecule has 41 heavy (non-hydrogen) atoms. The molecular formula is C25H47N5O11. The molecule has 0 radical (unpaired) electrons. The van der Waals surface area contributed by atoms with Crippen molar-refractivity contribution >= 4 is 23.8 Å². The van der Waals surface area contributed by atoms with Gasteiger partial charge in [0.05, 0.1) is 65.9 Å². The van der Waals surface area contributed by atoms with Crippen molar-refractivity contribution < 1.29 is 53.4 Å². The van der Waals surface area contributed by atoms with Crippen LogP contribution >= 0.6 is 0 Å². The molecule has 1 unspecified atom stereocenters. The molecular weight excluding hydrogens is 546 g/mol. The molecule has 0 aromatic heterocycles. The van der Waals surface area contributed by atoms with Crippen LogP contribution in [0.1, 0.15) is 12.8 Å². The molecule has 6 N–H and O–H groups in total. The summed E-state index contributed by atoms with van der Waals surface area (Å²) in [7, 11) is 0. The van der Waals surface area contributed by atoms with E-state index in [2.05, 4.69) is 5.32 Å².